The third kappa shape index (κ3) is 9.47. The number of benzene rings is 3. The lowest BCUT2D eigenvalue weighted by Crippen LogP contribution is -2.42. The second kappa shape index (κ2) is 16.3. The number of H-pyrrole nitrogens is 1. The molecule has 6 rings (SSSR count). The Labute approximate surface area is 281 Å². The highest BCUT2D eigenvalue weighted by atomic mass is 19.4. The molecule has 2 aromatic heterocycles. The fourth-order valence-electron chi connectivity index (χ4n) is 5.87. The second-order valence-corrected chi connectivity index (χ2v) is 11.9. The zero-order valence-corrected chi connectivity index (χ0v) is 27.0. The van der Waals surface area contributed by atoms with Crippen LogP contribution in [-0.4, -0.2) is 63.1 Å². The molecule has 0 unspecified atom stereocenters. The fraction of sp³-hybridized carbons (Fsp3) is 0.333. The maximum Gasteiger partial charge on any atom is 0.490 e. The summed E-state index contributed by atoms with van der Waals surface area (Å²) in [7, 11) is 1.68. The number of methoxy groups -OCH3 is 1. The van der Waals surface area contributed by atoms with Crippen LogP contribution in [0.4, 0.5) is 13.2 Å². The van der Waals surface area contributed by atoms with Crippen molar-refractivity contribution in [2.45, 2.75) is 50.9 Å². The van der Waals surface area contributed by atoms with Gasteiger partial charge in [-0.05, 0) is 60.7 Å². The zero-order chi connectivity index (χ0) is 34.8. The van der Waals surface area contributed by atoms with E-state index in [-0.39, 0.29) is 17.9 Å². The molecule has 3 aromatic carbocycles. The van der Waals surface area contributed by atoms with Crippen molar-refractivity contribution in [3.05, 3.63) is 113 Å². The highest BCUT2D eigenvalue weighted by molar-refractivity contribution is 5.83. The van der Waals surface area contributed by atoms with E-state index >= 15 is 0 Å². The molecule has 0 bridgehead atoms. The Hall–Kier alpha value is -5.17. The maximum absolute atomic E-state index is 13.6. The van der Waals surface area contributed by atoms with Gasteiger partial charge in [-0.25, -0.2) is 4.79 Å². The molecular formula is C36H39F3N6O4. The Bertz CT molecular complexity index is 1820. The third-order valence-corrected chi connectivity index (χ3v) is 8.47. The molecule has 0 saturated carbocycles. The number of carbonyl (C=O) groups is 2. The first-order chi connectivity index (χ1) is 23.6. The van der Waals surface area contributed by atoms with Crippen LogP contribution in [0.5, 0.6) is 5.75 Å². The van der Waals surface area contributed by atoms with Crippen molar-refractivity contribution in [3.63, 3.8) is 0 Å². The number of nitrogens with zero attached hydrogens (tertiary/aromatic N) is 3. The van der Waals surface area contributed by atoms with E-state index < -0.39 is 12.1 Å². The van der Waals surface area contributed by atoms with E-state index in [1.165, 1.54) is 5.56 Å². The van der Waals surface area contributed by atoms with Gasteiger partial charge >= 0.3 is 12.1 Å². The molecule has 0 aliphatic carbocycles. The smallest absolute Gasteiger partial charge is 0.490 e. The van der Waals surface area contributed by atoms with Gasteiger partial charge in [-0.2, -0.15) is 13.2 Å². The van der Waals surface area contributed by atoms with Gasteiger partial charge < -0.3 is 30.0 Å². The van der Waals surface area contributed by atoms with Crippen molar-refractivity contribution >= 4 is 22.8 Å². The summed E-state index contributed by atoms with van der Waals surface area (Å²) < 4.78 is 39.3. The average molecular weight is 677 g/mol. The molecule has 1 aliphatic heterocycles. The van der Waals surface area contributed by atoms with Crippen LogP contribution < -0.4 is 15.4 Å². The van der Waals surface area contributed by atoms with E-state index in [0.717, 1.165) is 71.7 Å². The molecule has 1 saturated heterocycles. The molecule has 49 heavy (non-hydrogen) atoms. The molecule has 258 valence electrons. The van der Waals surface area contributed by atoms with Crippen LogP contribution in [0.2, 0.25) is 0 Å². The number of aromatic amines is 1. The van der Waals surface area contributed by atoms with Crippen molar-refractivity contribution in [1.82, 2.24) is 30.4 Å². The molecule has 1 amide bonds. The predicted octanol–water partition coefficient (Wildman–Crippen LogP) is 5.63. The van der Waals surface area contributed by atoms with Crippen LogP contribution in [0.25, 0.3) is 10.9 Å². The number of aliphatic carboxylic acids is 1. The Kier molecular flexibility index (Phi) is 11.7. The van der Waals surface area contributed by atoms with Crippen LogP contribution >= 0.6 is 0 Å². The van der Waals surface area contributed by atoms with Gasteiger partial charge in [-0.3, -0.25) is 4.79 Å². The summed E-state index contributed by atoms with van der Waals surface area (Å²) in [6, 6.07) is 26.5. The molecule has 1 aliphatic rings. The van der Waals surface area contributed by atoms with Crippen LogP contribution in [0.3, 0.4) is 0 Å². The van der Waals surface area contributed by atoms with Gasteiger partial charge in [0.2, 0.25) is 5.91 Å². The van der Waals surface area contributed by atoms with Crippen molar-refractivity contribution in [2.75, 3.05) is 20.2 Å². The zero-order valence-electron chi connectivity index (χ0n) is 27.0. The molecule has 4 N–H and O–H groups in total. The third-order valence-electron chi connectivity index (χ3n) is 8.47. The Morgan fingerprint density at radius 3 is 2.39 bits per heavy atom. The lowest BCUT2D eigenvalue weighted by atomic mass is 9.97. The number of carboxylic acids is 1. The van der Waals surface area contributed by atoms with Gasteiger partial charge in [0.05, 0.1) is 25.6 Å². The number of nitrogens with one attached hydrogen (secondary N) is 3. The molecule has 0 radical (unpaired) electrons. The number of alkyl halides is 3. The van der Waals surface area contributed by atoms with Gasteiger partial charge in [-0.1, -0.05) is 60.7 Å². The van der Waals surface area contributed by atoms with Crippen molar-refractivity contribution < 1.29 is 32.6 Å². The molecule has 0 spiro atoms. The van der Waals surface area contributed by atoms with Crippen molar-refractivity contribution in [1.29, 1.82) is 0 Å². The lowest BCUT2D eigenvalue weighted by molar-refractivity contribution is -0.192. The van der Waals surface area contributed by atoms with Gasteiger partial charge in [-0.15, -0.1) is 10.2 Å². The minimum Gasteiger partial charge on any atom is -0.497 e. The Balaban J connectivity index is 0.000000606. The van der Waals surface area contributed by atoms with E-state index in [1.807, 2.05) is 30.5 Å². The van der Waals surface area contributed by atoms with Crippen LogP contribution in [0.15, 0.2) is 85.1 Å². The van der Waals surface area contributed by atoms with E-state index in [9.17, 15) is 18.0 Å². The number of hydrogen-bond acceptors (Lipinski definition) is 6. The van der Waals surface area contributed by atoms with Gasteiger partial charge in [0.1, 0.15) is 11.6 Å². The highest BCUT2D eigenvalue weighted by Crippen LogP contribution is 2.27. The summed E-state index contributed by atoms with van der Waals surface area (Å²) in [5.41, 5.74) is 4.60. The van der Waals surface area contributed by atoms with E-state index in [1.54, 1.807) is 7.11 Å². The van der Waals surface area contributed by atoms with Crippen molar-refractivity contribution in [2.24, 2.45) is 5.92 Å². The average Bonchev–Trinajstić information content (AvgIpc) is 3.71. The maximum atomic E-state index is 13.6. The number of amides is 1. The number of fused-ring (bicyclic) bond motifs is 1. The minimum atomic E-state index is -5.08. The number of aryl methyl sites for hydroxylation is 2. The summed E-state index contributed by atoms with van der Waals surface area (Å²) in [4.78, 5) is 25.9. The van der Waals surface area contributed by atoms with Crippen LogP contribution in [0.1, 0.15) is 47.2 Å². The van der Waals surface area contributed by atoms with Gasteiger partial charge in [0.15, 0.2) is 5.82 Å². The summed E-state index contributed by atoms with van der Waals surface area (Å²) in [6.45, 7) is 2.26. The first-order valence-electron chi connectivity index (χ1n) is 16.1. The number of aromatic nitrogens is 4. The first kappa shape index (κ1) is 35.1. The molecule has 2 atom stereocenters. The van der Waals surface area contributed by atoms with Crippen LogP contribution in [0, 0.1) is 5.92 Å². The topological polar surface area (TPSA) is 134 Å². The van der Waals surface area contributed by atoms with E-state index in [2.05, 4.69) is 74.8 Å². The summed E-state index contributed by atoms with van der Waals surface area (Å²) in [6.07, 6.45) is 1.06. The summed E-state index contributed by atoms with van der Waals surface area (Å²) >= 11 is 0. The number of carbonyl (C=O) groups excluding carboxylic acids is 1. The molecule has 1 fully saturated rings. The van der Waals surface area contributed by atoms with E-state index in [4.69, 9.17) is 24.8 Å². The lowest BCUT2D eigenvalue weighted by Gasteiger charge is -2.26. The molecule has 10 nitrogen and oxygen atoms in total. The number of rotatable bonds is 11. The highest BCUT2D eigenvalue weighted by Gasteiger charge is 2.38. The van der Waals surface area contributed by atoms with Gasteiger partial charge in [0, 0.05) is 36.5 Å². The summed E-state index contributed by atoms with van der Waals surface area (Å²) in [5.74, 6) is -0.250. The minimum absolute atomic E-state index is 0.0558. The quantitative estimate of drug-likeness (QED) is 0.142. The van der Waals surface area contributed by atoms with E-state index in [0.29, 0.717) is 19.5 Å². The second-order valence-electron chi connectivity index (χ2n) is 11.9. The number of ether oxygens (including phenoxy) is 1. The molecule has 5 aromatic rings. The largest absolute Gasteiger partial charge is 0.497 e. The SMILES string of the molecule is COc1ccc(Cn2c(CCc3ccccc3)nnc2[C@@H](Cc2c[nH]c3ccccc23)NC(=O)[C@H]2CCCNC2)cc1.O=C(O)C(F)(F)F. The molecular weight excluding hydrogens is 637 g/mol. The number of hydrogen-bond donors (Lipinski definition) is 4. The molecule has 13 heteroatoms. The monoisotopic (exact) mass is 676 g/mol. The van der Waals surface area contributed by atoms with Crippen LogP contribution in [-0.2, 0) is 35.4 Å². The predicted molar refractivity (Wildman–Crippen MR) is 178 cm³/mol. The normalized spacial score (nSPS) is 15.2. The fourth-order valence-corrected chi connectivity index (χ4v) is 5.87. The standard InChI is InChI=1S/C34H38N6O2.C2HF3O2/c1-42-28-16-13-25(14-17-28)23-40-32(18-15-24-8-3-2-4-9-24)38-39-33(40)31(37-34(41)26-10-7-19-35-21-26)20-27-22-36-30-12-6-5-11-29(27)30;3-2(4,5)1(6)7/h2-6,8-9,11-14,16-17,22,26,31,35-36H,7,10,15,18-21,23H2,1H3,(H,37,41);(H,6,7)/t26-,31+;/m0./s1. The number of piperidine rings is 1. The van der Waals surface area contributed by atoms with Crippen molar-refractivity contribution in [3.8, 4) is 5.75 Å². The number of para-hydroxylation sites is 1. The van der Waals surface area contributed by atoms with Gasteiger partial charge in [0.25, 0.3) is 0 Å². The number of halogens is 3. The Morgan fingerprint density at radius 2 is 1.71 bits per heavy atom. The first-order valence-corrected chi connectivity index (χ1v) is 16.1. The summed E-state index contributed by atoms with van der Waals surface area (Å²) in [5, 5.41) is 24.5. The number of carboxylic acid groups (broad SMARTS) is 1. The Morgan fingerprint density at radius 1 is 1.00 bits per heavy atom. The molecule has 3 heterocycles.